The van der Waals surface area contributed by atoms with Crippen molar-refractivity contribution >= 4 is 23.2 Å². The summed E-state index contributed by atoms with van der Waals surface area (Å²) in [5, 5.41) is 9.90. The minimum atomic E-state index is -0.235. The zero-order valence-electron chi connectivity index (χ0n) is 12.6. The predicted molar refractivity (Wildman–Crippen MR) is 83.9 cm³/mol. The van der Waals surface area contributed by atoms with E-state index < -0.39 is 0 Å². The van der Waals surface area contributed by atoms with Crippen molar-refractivity contribution in [2.24, 2.45) is 7.05 Å². The Balaban J connectivity index is 1.80. The van der Waals surface area contributed by atoms with E-state index in [1.807, 2.05) is 19.1 Å². The van der Waals surface area contributed by atoms with E-state index in [2.05, 4.69) is 15.7 Å². The first-order valence-corrected chi connectivity index (χ1v) is 7.28. The number of rotatable bonds is 2. The lowest BCUT2D eigenvalue weighted by Crippen LogP contribution is -2.13. The van der Waals surface area contributed by atoms with Gasteiger partial charge in [0, 0.05) is 30.5 Å². The van der Waals surface area contributed by atoms with Gasteiger partial charge in [-0.2, -0.15) is 5.10 Å². The minimum Gasteiger partial charge on any atom is -0.326 e. The molecule has 2 aromatic rings. The van der Waals surface area contributed by atoms with E-state index in [-0.39, 0.29) is 11.8 Å². The van der Waals surface area contributed by atoms with Crippen LogP contribution in [0.2, 0.25) is 0 Å². The molecule has 1 aromatic heterocycles. The molecular weight excluding hydrogens is 280 g/mol. The van der Waals surface area contributed by atoms with Crippen molar-refractivity contribution in [3.63, 3.8) is 0 Å². The van der Waals surface area contributed by atoms with Crippen LogP contribution in [-0.2, 0) is 18.3 Å². The molecule has 1 aliphatic rings. The molecule has 2 amide bonds. The summed E-state index contributed by atoms with van der Waals surface area (Å²) in [5.41, 5.74) is 3.90. The maximum Gasteiger partial charge on any atom is 0.276 e. The number of nitrogens with one attached hydrogen (secondary N) is 2. The summed E-state index contributed by atoms with van der Waals surface area (Å²) in [6, 6.07) is 7.28. The number of anilines is 2. The van der Waals surface area contributed by atoms with Crippen LogP contribution in [0, 0.1) is 6.92 Å². The molecule has 0 radical (unpaired) electrons. The summed E-state index contributed by atoms with van der Waals surface area (Å²) >= 11 is 0. The van der Waals surface area contributed by atoms with Gasteiger partial charge in [0.1, 0.15) is 0 Å². The monoisotopic (exact) mass is 298 g/mol. The summed E-state index contributed by atoms with van der Waals surface area (Å²) < 4.78 is 1.67. The highest BCUT2D eigenvalue weighted by Gasteiger charge is 2.15. The van der Waals surface area contributed by atoms with Crippen LogP contribution < -0.4 is 10.6 Å². The molecule has 6 heteroatoms. The lowest BCUT2D eigenvalue weighted by atomic mass is 10.1. The van der Waals surface area contributed by atoms with Crippen molar-refractivity contribution < 1.29 is 9.59 Å². The van der Waals surface area contributed by atoms with E-state index in [1.54, 1.807) is 23.9 Å². The van der Waals surface area contributed by atoms with Gasteiger partial charge in [-0.1, -0.05) is 0 Å². The third-order valence-electron chi connectivity index (χ3n) is 3.83. The summed E-state index contributed by atoms with van der Waals surface area (Å²) in [6.07, 6.45) is 2.17. The van der Waals surface area contributed by atoms with Crippen LogP contribution in [0.4, 0.5) is 11.4 Å². The zero-order valence-corrected chi connectivity index (χ0v) is 12.6. The van der Waals surface area contributed by atoms with Gasteiger partial charge in [-0.25, -0.2) is 0 Å². The highest BCUT2D eigenvalue weighted by atomic mass is 16.2. The SMILES string of the molecule is Cc1cc(C(=O)Nc2ccc3c(c2)CCCC(=O)N3)nn1C. The Bertz CT molecular complexity index is 729. The fraction of sp³-hybridized carbons (Fsp3) is 0.312. The molecule has 0 fully saturated rings. The Kier molecular flexibility index (Phi) is 3.66. The molecule has 114 valence electrons. The first kappa shape index (κ1) is 14.3. The molecule has 0 bridgehead atoms. The van der Waals surface area contributed by atoms with Crippen LogP contribution in [-0.4, -0.2) is 21.6 Å². The molecule has 0 unspecified atom stereocenters. The number of aryl methyl sites for hydroxylation is 3. The molecule has 1 aromatic carbocycles. The Labute approximate surface area is 128 Å². The Morgan fingerprint density at radius 2 is 2.14 bits per heavy atom. The topological polar surface area (TPSA) is 76.0 Å². The van der Waals surface area contributed by atoms with Crippen LogP contribution in [0.25, 0.3) is 0 Å². The minimum absolute atomic E-state index is 0.0412. The third kappa shape index (κ3) is 2.86. The van der Waals surface area contributed by atoms with E-state index in [1.165, 1.54) is 0 Å². The van der Waals surface area contributed by atoms with Gasteiger partial charge in [0.15, 0.2) is 5.69 Å². The number of aromatic nitrogens is 2. The molecule has 1 aliphatic heterocycles. The van der Waals surface area contributed by atoms with E-state index >= 15 is 0 Å². The summed E-state index contributed by atoms with van der Waals surface area (Å²) in [5.74, 6) is -0.194. The molecule has 0 spiro atoms. The van der Waals surface area contributed by atoms with Gasteiger partial charge < -0.3 is 10.6 Å². The third-order valence-corrected chi connectivity index (χ3v) is 3.83. The molecule has 22 heavy (non-hydrogen) atoms. The van der Waals surface area contributed by atoms with Gasteiger partial charge in [-0.15, -0.1) is 0 Å². The van der Waals surface area contributed by atoms with Gasteiger partial charge >= 0.3 is 0 Å². The number of benzene rings is 1. The number of amides is 2. The molecule has 0 atom stereocenters. The summed E-state index contributed by atoms with van der Waals surface area (Å²) in [4.78, 5) is 23.7. The smallest absolute Gasteiger partial charge is 0.276 e. The molecule has 0 aliphatic carbocycles. The Morgan fingerprint density at radius 3 is 2.86 bits per heavy atom. The van der Waals surface area contributed by atoms with Crippen molar-refractivity contribution in [2.45, 2.75) is 26.2 Å². The first-order valence-electron chi connectivity index (χ1n) is 7.28. The highest BCUT2D eigenvalue weighted by Crippen LogP contribution is 2.25. The number of carbonyl (C=O) groups excluding carboxylic acids is 2. The van der Waals surface area contributed by atoms with Crippen LogP contribution in [0.5, 0.6) is 0 Å². The van der Waals surface area contributed by atoms with Gasteiger partial charge in [0.2, 0.25) is 5.91 Å². The number of carbonyl (C=O) groups is 2. The second-order valence-electron chi connectivity index (χ2n) is 5.52. The van der Waals surface area contributed by atoms with Crippen molar-refractivity contribution in [1.29, 1.82) is 0 Å². The molecular formula is C16H18N4O2. The highest BCUT2D eigenvalue weighted by molar-refractivity contribution is 6.03. The average molecular weight is 298 g/mol. The van der Waals surface area contributed by atoms with Gasteiger partial charge in [0.25, 0.3) is 5.91 Å². The second-order valence-corrected chi connectivity index (χ2v) is 5.52. The van der Waals surface area contributed by atoms with Crippen molar-refractivity contribution in [1.82, 2.24) is 9.78 Å². The Morgan fingerprint density at radius 1 is 1.32 bits per heavy atom. The average Bonchev–Trinajstić information content (AvgIpc) is 2.70. The number of hydrogen-bond acceptors (Lipinski definition) is 3. The fourth-order valence-electron chi connectivity index (χ4n) is 2.52. The van der Waals surface area contributed by atoms with Gasteiger partial charge in [0.05, 0.1) is 0 Å². The fourth-order valence-corrected chi connectivity index (χ4v) is 2.52. The summed E-state index contributed by atoms with van der Waals surface area (Å²) in [6.45, 7) is 1.90. The van der Waals surface area contributed by atoms with Crippen LogP contribution >= 0.6 is 0 Å². The molecule has 0 saturated carbocycles. The predicted octanol–water partition coefficient (Wildman–Crippen LogP) is 2.26. The van der Waals surface area contributed by atoms with Gasteiger partial charge in [-0.3, -0.25) is 14.3 Å². The van der Waals surface area contributed by atoms with Crippen LogP contribution in [0.3, 0.4) is 0 Å². The molecule has 2 N–H and O–H groups in total. The zero-order chi connectivity index (χ0) is 15.7. The standard InChI is InChI=1S/C16H18N4O2/c1-10-8-14(19-20(10)2)16(22)17-12-6-7-13-11(9-12)4-3-5-15(21)18-13/h6-9H,3-5H2,1-2H3,(H,17,22)(H,18,21). The van der Waals surface area contributed by atoms with Gasteiger partial charge in [-0.05, 0) is 49.6 Å². The number of hydrogen-bond donors (Lipinski definition) is 2. The van der Waals surface area contributed by atoms with E-state index in [0.29, 0.717) is 17.8 Å². The second kappa shape index (κ2) is 5.63. The molecule has 2 heterocycles. The number of nitrogens with zero attached hydrogens (tertiary/aromatic N) is 2. The lowest BCUT2D eigenvalue weighted by Gasteiger charge is -2.10. The normalized spacial score (nSPS) is 14.0. The van der Waals surface area contributed by atoms with Crippen molar-refractivity contribution in [2.75, 3.05) is 10.6 Å². The largest absolute Gasteiger partial charge is 0.326 e. The Hall–Kier alpha value is -2.63. The van der Waals surface area contributed by atoms with E-state index in [9.17, 15) is 9.59 Å². The molecule has 3 rings (SSSR count). The first-order chi connectivity index (χ1) is 10.5. The summed E-state index contributed by atoms with van der Waals surface area (Å²) in [7, 11) is 1.80. The maximum atomic E-state index is 12.2. The lowest BCUT2D eigenvalue weighted by molar-refractivity contribution is -0.116. The maximum absolute atomic E-state index is 12.2. The van der Waals surface area contributed by atoms with Crippen molar-refractivity contribution in [3.8, 4) is 0 Å². The van der Waals surface area contributed by atoms with E-state index in [0.717, 1.165) is 29.8 Å². The number of fused-ring (bicyclic) bond motifs is 1. The van der Waals surface area contributed by atoms with Crippen molar-refractivity contribution in [3.05, 3.63) is 41.2 Å². The molecule has 0 saturated heterocycles. The van der Waals surface area contributed by atoms with Crippen LogP contribution in [0.1, 0.15) is 34.6 Å². The van der Waals surface area contributed by atoms with Crippen LogP contribution in [0.15, 0.2) is 24.3 Å². The quantitative estimate of drug-likeness (QED) is 0.893. The molecule has 6 nitrogen and oxygen atoms in total. The van der Waals surface area contributed by atoms with E-state index in [4.69, 9.17) is 0 Å².